The number of nitrogens with zero attached hydrogens (tertiary/aromatic N) is 2. The van der Waals surface area contributed by atoms with E-state index in [1.165, 1.54) is 18.2 Å². The van der Waals surface area contributed by atoms with Gasteiger partial charge in [0.1, 0.15) is 12.4 Å². The fraction of sp³-hybridized carbons (Fsp3) is 0.158. The Morgan fingerprint density at radius 1 is 1.04 bits per heavy atom. The van der Waals surface area contributed by atoms with Crippen LogP contribution >= 0.6 is 0 Å². The molecule has 3 rings (SSSR count). The summed E-state index contributed by atoms with van der Waals surface area (Å²) < 4.78 is 40.6. The Balaban J connectivity index is 1.68. The molecule has 3 aromatic rings. The average molecular weight is 359 g/mol. The van der Waals surface area contributed by atoms with Crippen molar-refractivity contribution in [2.75, 3.05) is 0 Å². The van der Waals surface area contributed by atoms with E-state index in [1.807, 2.05) is 30.3 Å². The first-order valence-corrected chi connectivity index (χ1v) is 7.93. The van der Waals surface area contributed by atoms with Crippen LogP contribution in [-0.2, 0) is 24.1 Å². The third kappa shape index (κ3) is 4.11. The van der Waals surface area contributed by atoms with Gasteiger partial charge in [0.25, 0.3) is 0 Å². The van der Waals surface area contributed by atoms with Gasteiger partial charge in [0.15, 0.2) is 0 Å². The lowest BCUT2D eigenvalue weighted by Gasteiger charge is -2.14. The number of hydrogen-bond acceptors (Lipinski definition) is 2. The van der Waals surface area contributed by atoms with Gasteiger partial charge >= 0.3 is 6.18 Å². The molecule has 0 saturated heterocycles. The largest absolute Gasteiger partial charge is 0.416 e. The molecule has 1 aromatic heterocycles. The van der Waals surface area contributed by atoms with Crippen molar-refractivity contribution in [1.82, 2.24) is 14.9 Å². The maximum absolute atomic E-state index is 13.0. The minimum atomic E-state index is -4.45. The first-order chi connectivity index (χ1) is 12.4. The highest BCUT2D eigenvalue weighted by Crippen LogP contribution is 2.31. The minimum Gasteiger partial charge on any atom is -0.350 e. The van der Waals surface area contributed by atoms with E-state index in [0.717, 1.165) is 11.6 Å². The molecular formula is C19H16F3N3O. The smallest absolute Gasteiger partial charge is 0.350 e. The van der Waals surface area contributed by atoms with E-state index in [4.69, 9.17) is 0 Å². The quantitative estimate of drug-likeness (QED) is 0.751. The summed E-state index contributed by atoms with van der Waals surface area (Å²) in [7, 11) is 0. The molecule has 0 unspecified atom stereocenters. The number of nitrogens with one attached hydrogen (secondary N) is 1. The summed E-state index contributed by atoms with van der Waals surface area (Å²) in [5.74, 6) is 0.230. The van der Waals surface area contributed by atoms with Crippen molar-refractivity contribution < 1.29 is 18.0 Å². The monoisotopic (exact) mass is 359 g/mol. The molecule has 0 saturated carbocycles. The number of carbonyl (C=O) groups is 1. The second-order valence-corrected chi connectivity index (χ2v) is 5.68. The highest BCUT2D eigenvalue weighted by Gasteiger charge is 2.32. The van der Waals surface area contributed by atoms with Crippen molar-refractivity contribution >= 4 is 5.91 Å². The number of halogens is 3. The van der Waals surface area contributed by atoms with Crippen LogP contribution in [0.3, 0.4) is 0 Å². The van der Waals surface area contributed by atoms with E-state index < -0.39 is 17.6 Å². The van der Waals surface area contributed by atoms with E-state index in [9.17, 15) is 18.0 Å². The maximum atomic E-state index is 13.0. The van der Waals surface area contributed by atoms with Gasteiger partial charge in [0.05, 0.1) is 5.56 Å². The highest BCUT2D eigenvalue weighted by molar-refractivity contribution is 5.76. The molecule has 0 fully saturated rings. The second kappa shape index (κ2) is 7.43. The predicted octanol–water partition coefficient (Wildman–Crippen LogP) is 3.89. The van der Waals surface area contributed by atoms with Crippen LogP contribution in [0.5, 0.6) is 0 Å². The standard InChI is InChI=1S/C19H16F3N3O/c20-19(21,22)16-9-5-4-8-15(16)12-24-17(26)13-25-11-10-23-18(25)14-6-2-1-3-7-14/h1-11H,12-13H2,(H,24,26). The molecule has 0 bridgehead atoms. The number of aromatic nitrogens is 2. The van der Waals surface area contributed by atoms with Gasteiger partial charge in [-0.2, -0.15) is 13.2 Å². The van der Waals surface area contributed by atoms with Gasteiger partial charge in [0, 0.05) is 24.5 Å². The molecule has 1 N–H and O–H groups in total. The Morgan fingerprint density at radius 2 is 1.73 bits per heavy atom. The Morgan fingerprint density at radius 3 is 2.46 bits per heavy atom. The first-order valence-electron chi connectivity index (χ1n) is 7.93. The molecule has 0 aliphatic rings. The van der Waals surface area contributed by atoms with Crippen molar-refractivity contribution in [2.24, 2.45) is 0 Å². The van der Waals surface area contributed by atoms with E-state index in [-0.39, 0.29) is 18.7 Å². The molecule has 2 aromatic carbocycles. The summed E-state index contributed by atoms with van der Waals surface area (Å²) in [4.78, 5) is 16.4. The van der Waals surface area contributed by atoms with Crippen LogP contribution in [-0.4, -0.2) is 15.5 Å². The van der Waals surface area contributed by atoms with Crippen LogP contribution in [0.15, 0.2) is 67.0 Å². The van der Waals surface area contributed by atoms with E-state index >= 15 is 0 Å². The third-order valence-corrected chi connectivity index (χ3v) is 3.86. The number of amides is 1. The number of alkyl halides is 3. The van der Waals surface area contributed by atoms with Crippen LogP contribution in [0.2, 0.25) is 0 Å². The number of carbonyl (C=O) groups excluding carboxylic acids is 1. The Kier molecular flexibility index (Phi) is 5.06. The molecule has 0 atom stereocenters. The Hall–Kier alpha value is -3.09. The number of benzene rings is 2. The van der Waals surface area contributed by atoms with Gasteiger partial charge < -0.3 is 9.88 Å². The average Bonchev–Trinajstić information content (AvgIpc) is 3.08. The van der Waals surface area contributed by atoms with Crippen LogP contribution in [0.4, 0.5) is 13.2 Å². The fourth-order valence-corrected chi connectivity index (χ4v) is 2.64. The zero-order valence-electron chi connectivity index (χ0n) is 13.7. The highest BCUT2D eigenvalue weighted by atomic mass is 19.4. The summed E-state index contributed by atoms with van der Waals surface area (Å²) in [6.07, 6.45) is -1.22. The van der Waals surface area contributed by atoms with Crippen molar-refractivity contribution in [1.29, 1.82) is 0 Å². The van der Waals surface area contributed by atoms with Crippen molar-refractivity contribution in [3.05, 3.63) is 78.1 Å². The number of imidazole rings is 1. The van der Waals surface area contributed by atoms with Crippen molar-refractivity contribution in [3.8, 4) is 11.4 Å². The van der Waals surface area contributed by atoms with Gasteiger partial charge in [-0.1, -0.05) is 48.5 Å². The van der Waals surface area contributed by atoms with Crippen molar-refractivity contribution in [2.45, 2.75) is 19.3 Å². The topological polar surface area (TPSA) is 46.9 Å². The van der Waals surface area contributed by atoms with Gasteiger partial charge in [-0.25, -0.2) is 4.98 Å². The molecule has 4 nitrogen and oxygen atoms in total. The zero-order chi connectivity index (χ0) is 18.6. The molecule has 0 spiro atoms. The van der Waals surface area contributed by atoms with Crippen LogP contribution in [0.25, 0.3) is 11.4 Å². The molecule has 0 aliphatic carbocycles. The molecule has 1 amide bonds. The van der Waals surface area contributed by atoms with E-state index in [0.29, 0.717) is 5.82 Å². The fourth-order valence-electron chi connectivity index (χ4n) is 2.64. The molecule has 26 heavy (non-hydrogen) atoms. The second-order valence-electron chi connectivity index (χ2n) is 5.68. The Labute approximate surface area is 148 Å². The third-order valence-electron chi connectivity index (χ3n) is 3.86. The van der Waals surface area contributed by atoms with Gasteiger partial charge in [-0.05, 0) is 11.6 Å². The lowest BCUT2D eigenvalue weighted by Crippen LogP contribution is -2.28. The number of rotatable bonds is 5. The molecule has 134 valence electrons. The lowest BCUT2D eigenvalue weighted by atomic mass is 10.1. The summed E-state index contributed by atoms with van der Waals surface area (Å²) in [5, 5.41) is 2.54. The van der Waals surface area contributed by atoms with Gasteiger partial charge in [-0.15, -0.1) is 0 Å². The van der Waals surface area contributed by atoms with Crippen LogP contribution in [0.1, 0.15) is 11.1 Å². The predicted molar refractivity (Wildman–Crippen MR) is 91.0 cm³/mol. The summed E-state index contributed by atoms with van der Waals surface area (Å²) in [5.41, 5.74) is 0.142. The van der Waals surface area contributed by atoms with Crippen LogP contribution in [0, 0.1) is 0 Å². The molecule has 0 radical (unpaired) electrons. The Bertz CT molecular complexity index is 888. The van der Waals surface area contributed by atoms with Gasteiger partial charge in [-0.3, -0.25) is 4.79 Å². The first kappa shape index (κ1) is 17.7. The maximum Gasteiger partial charge on any atom is 0.416 e. The van der Waals surface area contributed by atoms with Crippen molar-refractivity contribution in [3.63, 3.8) is 0 Å². The summed E-state index contributed by atoms with van der Waals surface area (Å²) in [6, 6.07) is 14.5. The van der Waals surface area contributed by atoms with Gasteiger partial charge in [0.2, 0.25) is 5.91 Å². The SMILES string of the molecule is O=C(Cn1ccnc1-c1ccccc1)NCc1ccccc1C(F)(F)F. The summed E-state index contributed by atoms with van der Waals surface area (Å²) in [6.45, 7) is -0.220. The molecule has 0 aliphatic heterocycles. The number of hydrogen-bond donors (Lipinski definition) is 1. The van der Waals surface area contributed by atoms with E-state index in [1.54, 1.807) is 17.0 Å². The molecule has 1 heterocycles. The zero-order valence-corrected chi connectivity index (χ0v) is 13.7. The van der Waals surface area contributed by atoms with Crippen LogP contribution < -0.4 is 5.32 Å². The summed E-state index contributed by atoms with van der Waals surface area (Å²) >= 11 is 0. The minimum absolute atomic E-state index is 0.0294. The molecule has 7 heteroatoms. The lowest BCUT2D eigenvalue weighted by molar-refractivity contribution is -0.138. The molecular weight excluding hydrogens is 343 g/mol. The normalized spacial score (nSPS) is 11.3. The van der Waals surface area contributed by atoms with E-state index in [2.05, 4.69) is 10.3 Å².